The third-order valence-corrected chi connectivity index (χ3v) is 5.79. The SMILES string of the molecule is COc1ccc(NC(=O)N2CCN(c3c(C)nn(-c4ccccc4)c3C)CC2)c(OC)c1. The van der Waals surface area contributed by atoms with Gasteiger partial charge < -0.3 is 24.6 Å². The molecule has 168 valence electrons. The topological polar surface area (TPSA) is 71.9 Å². The number of hydrogen-bond acceptors (Lipinski definition) is 5. The molecule has 1 aliphatic rings. The van der Waals surface area contributed by atoms with Crippen molar-refractivity contribution < 1.29 is 14.3 Å². The normalized spacial score (nSPS) is 13.8. The van der Waals surface area contributed by atoms with Gasteiger partial charge in [0.05, 0.1) is 42.7 Å². The molecule has 3 aromatic rings. The predicted molar refractivity (Wildman–Crippen MR) is 125 cm³/mol. The number of carbonyl (C=O) groups excluding carboxylic acids is 1. The van der Waals surface area contributed by atoms with Crippen LogP contribution in [0.5, 0.6) is 11.5 Å². The molecule has 0 unspecified atom stereocenters. The van der Waals surface area contributed by atoms with Gasteiger partial charge in [-0.25, -0.2) is 9.48 Å². The van der Waals surface area contributed by atoms with E-state index in [2.05, 4.69) is 29.3 Å². The number of carbonyl (C=O) groups is 1. The van der Waals surface area contributed by atoms with Gasteiger partial charge in [-0.05, 0) is 38.1 Å². The van der Waals surface area contributed by atoms with Crippen LogP contribution in [0.15, 0.2) is 48.5 Å². The molecule has 1 N–H and O–H groups in total. The van der Waals surface area contributed by atoms with E-state index < -0.39 is 0 Å². The number of aromatic nitrogens is 2. The molecule has 8 heteroatoms. The summed E-state index contributed by atoms with van der Waals surface area (Å²) >= 11 is 0. The lowest BCUT2D eigenvalue weighted by molar-refractivity contribution is 0.208. The number of nitrogens with one attached hydrogen (secondary N) is 1. The lowest BCUT2D eigenvalue weighted by atomic mass is 10.2. The number of amides is 2. The second kappa shape index (κ2) is 9.21. The maximum atomic E-state index is 12.8. The molecule has 0 atom stereocenters. The zero-order valence-electron chi connectivity index (χ0n) is 19.0. The Hall–Kier alpha value is -3.68. The van der Waals surface area contributed by atoms with Crippen LogP contribution >= 0.6 is 0 Å². The van der Waals surface area contributed by atoms with Gasteiger partial charge in [0, 0.05) is 32.2 Å². The highest BCUT2D eigenvalue weighted by Gasteiger charge is 2.26. The predicted octanol–water partition coefficient (Wildman–Crippen LogP) is 3.86. The van der Waals surface area contributed by atoms with Crippen LogP contribution in [-0.4, -0.2) is 61.1 Å². The number of aryl methyl sites for hydroxylation is 1. The standard InChI is InChI=1S/C24H29N5O3/c1-17-23(18(2)29(26-17)19-8-6-5-7-9-19)27-12-14-28(15-13-27)24(30)25-21-11-10-20(31-3)16-22(21)32-4/h5-11,16H,12-15H2,1-4H3,(H,25,30). The lowest BCUT2D eigenvalue weighted by Gasteiger charge is -2.36. The van der Waals surface area contributed by atoms with Crippen LogP contribution in [0.25, 0.3) is 5.69 Å². The van der Waals surface area contributed by atoms with Crippen molar-refractivity contribution in [1.82, 2.24) is 14.7 Å². The molecule has 0 radical (unpaired) electrons. The number of urea groups is 1. The van der Waals surface area contributed by atoms with E-state index in [1.807, 2.05) is 34.7 Å². The summed E-state index contributed by atoms with van der Waals surface area (Å²) in [5.74, 6) is 1.24. The molecule has 1 saturated heterocycles. The zero-order chi connectivity index (χ0) is 22.7. The number of hydrogen-bond donors (Lipinski definition) is 1. The molecule has 2 heterocycles. The number of ether oxygens (including phenoxy) is 2. The van der Waals surface area contributed by atoms with Crippen molar-refractivity contribution in [1.29, 1.82) is 0 Å². The monoisotopic (exact) mass is 435 g/mol. The van der Waals surface area contributed by atoms with Crippen molar-refractivity contribution in [2.75, 3.05) is 50.6 Å². The van der Waals surface area contributed by atoms with Crippen LogP contribution in [0.4, 0.5) is 16.2 Å². The quantitative estimate of drug-likeness (QED) is 0.659. The first kappa shape index (κ1) is 21.5. The Bertz CT molecular complexity index is 1090. The van der Waals surface area contributed by atoms with Gasteiger partial charge in [0.25, 0.3) is 0 Å². The van der Waals surface area contributed by atoms with E-state index in [1.54, 1.807) is 32.4 Å². The molecule has 2 aromatic carbocycles. The summed E-state index contributed by atoms with van der Waals surface area (Å²) in [5, 5.41) is 7.71. The maximum Gasteiger partial charge on any atom is 0.322 e. The maximum absolute atomic E-state index is 12.8. The largest absolute Gasteiger partial charge is 0.497 e. The van der Waals surface area contributed by atoms with E-state index in [1.165, 1.54) is 0 Å². The molecule has 32 heavy (non-hydrogen) atoms. The molecular formula is C24H29N5O3. The first-order valence-electron chi connectivity index (χ1n) is 10.7. The number of benzene rings is 2. The van der Waals surface area contributed by atoms with Gasteiger partial charge in [0.15, 0.2) is 0 Å². The van der Waals surface area contributed by atoms with Crippen molar-refractivity contribution in [3.63, 3.8) is 0 Å². The fourth-order valence-corrected chi connectivity index (χ4v) is 4.14. The average Bonchev–Trinajstić information content (AvgIpc) is 3.13. The van der Waals surface area contributed by atoms with Gasteiger partial charge >= 0.3 is 6.03 Å². The summed E-state index contributed by atoms with van der Waals surface area (Å²) in [6, 6.07) is 15.3. The van der Waals surface area contributed by atoms with Crippen LogP contribution in [-0.2, 0) is 0 Å². The zero-order valence-corrected chi connectivity index (χ0v) is 19.0. The number of anilines is 2. The van der Waals surface area contributed by atoms with Gasteiger partial charge in [-0.1, -0.05) is 18.2 Å². The van der Waals surface area contributed by atoms with E-state index >= 15 is 0 Å². The molecular weight excluding hydrogens is 406 g/mol. The second-order valence-electron chi connectivity index (χ2n) is 7.74. The summed E-state index contributed by atoms with van der Waals surface area (Å²) in [4.78, 5) is 17.0. The fraction of sp³-hybridized carbons (Fsp3) is 0.333. The Balaban J connectivity index is 1.43. The Morgan fingerprint density at radius 3 is 2.34 bits per heavy atom. The molecule has 1 aromatic heterocycles. The Kier molecular flexibility index (Phi) is 6.20. The van der Waals surface area contributed by atoms with Crippen molar-refractivity contribution in [3.05, 3.63) is 59.9 Å². The summed E-state index contributed by atoms with van der Waals surface area (Å²) in [6.45, 7) is 6.87. The molecule has 4 rings (SSSR count). The first-order valence-corrected chi connectivity index (χ1v) is 10.7. The van der Waals surface area contributed by atoms with E-state index in [0.717, 1.165) is 35.9 Å². The number of piperazine rings is 1. The molecule has 0 saturated carbocycles. The van der Waals surface area contributed by atoms with Crippen molar-refractivity contribution >= 4 is 17.4 Å². The van der Waals surface area contributed by atoms with E-state index in [4.69, 9.17) is 14.6 Å². The third kappa shape index (κ3) is 4.21. The highest BCUT2D eigenvalue weighted by molar-refractivity contribution is 5.91. The van der Waals surface area contributed by atoms with Crippen molar-refractivity contribution in [3.8, 4) is 17.2 Å². The Morgan fingerprint density at radius 1 is 0.969 bits per heavy atom. The molecule has 1 fully saturated rings. The molecule has 8 nitrogen and oxygen atoms in total. The minimum Gasteiger partial charge on any atom is -0.497 e. The van der Waals surface area contributed by atoms with E-state index in [0.29, 0.717) is 30.3 Å². The lowest BCUT2D eigenvalue weighted by Crippen LogP contribution is -2.50. The third-order valence-electron chi connectivity index (χ3n) is 5.79. The van der Waals surface area contributed by atoms with Crippen LogP contribution in [0.3, 0.4) is 0 Å². The smallest absolute Gasteiger partial charge is 0.322 e. The summed E-state index contributed by atoms with van der Waals surface area (Å²) in [6.07, 6.45) is 0. The molecule has 0 bridgehead atoms. The van der Waals surface area contributed by atoms with E-state index in [-0.39, 0.29) is 6.03 Å². The number of rotatable bonds is 5. The van der Waals surface area contributed by atoms with Gasteiger partial charge in [-0.3, -0.25) is 0 Å². The molecule has 0 spiro atoms. The van der Waals surface area contributed by atoms with Gasteiger partial charge in [-0.2, -0.15) is 5.10 Å². The molecule has 2 amide bonds. The number of nitrogens with zero attached hydrogens (tertiary/aromatic N) is 4. The number of methoxy groups -OCH3 is 2. The van der Waals surface area contributed by atoms with Crippen molar-refractivity contribution in [2.24, 2.45) is 0 Å². The summed E-state index contributed by atoms with van der Waals surface area (Å²) in [5.41, 5.74) is 4.91. The number of para-hydroxylation sites is 1. The fourth-order valence-electron chi connectivity index (χ4n) is 4.14. The molecule has 0 aliphatic carbocycles. The Morgan fingerprint density at radius 2 is 1.69 bits per heavy atom. The van der Waals surface area contributed by atoms with Crippen molar-refractivity contribution in [2.45, 2.75) is 13.8 Å². The minimum absolute atomic E-state index is 0.137. The van der Waals surface area contributed by atoms with Gasteiger partial charge in [-0.15, -0.1) is 0 Å². The Labute approximate surface area is 188 Å². The average molecular weight is 436 g/mol. The second-order valence-corrected chi connectivity index (χ2v) is 7.74. The summed E-state index contributed by atoms with van der Waals surface area (Å²) < 4.78 is 12.6. The first-order chi connectivity index (χ1) is 15.5. The van der Waals surface area contributed by atoms with E-state index in [9.17, 15) is 4.79 Å². The van der Waals surface area contributed by atoms with Crippen LogP contribution in [0.1, 0.15) is 11.4 Å². The van der Waals surface area contributed by atoms with Crippen LogP contribution in [0, 0.1) is 13.8 Å². The molecule has 1 aliphatic heterocycles. The van der Waals surface area contributed by atoms with Gasteiger partial charge in [0.2, 0.25) is 0 Å². The summed E-state index contributed by atoms with van der Waals surface area (Å²) in [7, 11) is 3.17. The van der Waals surface area contributed by atoms with Gasteiger partial charge in [0.1, 0.15) is 11.5 Å². The highest BCUT2D eigenvalue weighted by Crippen LogP contribution is 2.30. The van der Waals surface area contributed by atoms with Crippen LogP contribution in [0.2, 0.25) is 0 Å². The van der Waals surface area contributed by atoms with Crippen LogP contribution < -0.4 is 19.7 Å². The minimum atomic E-state index is -0.137. The highest BCUT2D eigenvalue weighted by atomic mass is 16.5.